The van der Waals surface area contributed by atoms with Crippen molar-refractivity contribution in [3.05, 3.63) is 66.0 Å². The van der Waals surface area contributed by atoms with Gasteiger partial charge in [-0.3, -0.25) is 9.78 Å². The fraction of sp³-hybridized carbons (Fsp3) is 0.455. The number of piperidine rings is 1. The number of pyridine rings is 1. The van der Waals surface area contributed by atoms with Crippen LogP contribution in [-0.4, -0.2) is 41.6 Å². The number of aromatic nitrogens is 1. The van der Waals surface area contributed by atoms with Crippen molar-refractivity contribution in [1.29, 1.82) is 0 Å². The molecule has 0 unspecified atom stereocenters. The zero-order valence-corrected chi connectivity index (χ0v) is 15.1. The minimum absolute atomic E-state index is 0.0318. The van der Waals surface area contributed by atoms with Gasteiger partial charge >= 0.3 is 0 Å². The Morgan fingerprint density at radius 2 is 1.88 bits per heavy atom. The van der Waals surface area contributed by atoms with E-state index in [2.05, 4.69) is 29.2 Å². The number of likely N-dealkylation sites (tertiary alicyclic amines) is 1. The third kappa shape index (κ3) is 4.31. The number of rotatable bonds is 6. The van der Waals surface area contributed by atoms with Crippen molar-refractivity contribution in [2.24, 2.45) is 11.8 Å². The average molecular weight is 350 g/mol. The van der Waals surface area contributed by atoms with Gasteiger partial charge in [-0.1, -0.05) is 36.4 Å². The van der Waals surface area contributed by atoms with Crippen LogP contribution in [0.2, 0.25) is 0 Å². The molecule has 1 aromatic heterocycles. The molecule has 2 aromatic rings. The van der Waals surface area contributed by atoms with Crippen LogP contribution in [0.15, 0.2) is 54.7 Å². The third-order valence-corrected chi connectivity index (χ3v) is 5.42. The van der Waals surface area contributed by atoms with Gasteiger partial charge in [-0.25, -0.2) is 0 Å². The summed E-state index contributed by atoms with van der Waals surface area (Å²) >= 11 is 0. The number of ether oxygens (including phenoxy) is 1. The van der Waals surface area contributed by atoms with E-state index in [1.54, 1.807) is 12.3 Å². The van der Waals surface area contributed by atoms with Gasteiger partial charge in [-0.2, -0.15) is 0 Å². The van der Waals surface area contributed by atoms with Crippen LogP contribution >= 0.6 is 0 Å². The molecule has 1 saturated heterocycles. The van der Waals surface area contributed by atoms with Crippen LogP contribution in [0, 0.1) is 11.8 Å². The van der Waals surface area contributed by atoms with Crippen LogP contribution in [-0.2, 0) is 11.2 Å². The highest BCUT2D eigenvalue weighted by Gasteiger charge is 2.34. The molecular formula is C22H26N2O2. The van der Waals surface area contributed by atoms with Crippen molar-refractivity contribution in [2.75, 3.05) is 19.7 Å². The van der Waals surface area contributed by atoms with Crippen molar-refractivity contribution in [3.63, 3.8) is 0 Å². The van der Waals surface area contributed by atoms with E-state index in [0.717, 1.165) is 38.5 Å². The summed E-state index contributed by atoms with van der Waals surface area (Å²) in [7, 11) is 0. The van der Waals surface area contributed by atoms with Crippen LogP contribution < -0.4 is 0 Å². The van der Waals surface area contributed by atoms with Gasteiger partial charge < -0.3 is 9.64 Å². The molecule has 2 heterocycles. The molecule has 0 N–H and O–H groups in total. The van der Waals surface area contributed by atoms with Crippen LogP contribution in [0.4, 0.5) is 0 Å². The second kappa shape index (κ2) is 8.00. The minimum Gasteiger partial charge on any atom is -0.377 e. The number of carbonyl (C=O) groups excluding carboxylic acids is 1. The first-order valence-electron chi connectivity index (χ1n) is 9.65. The maximum Gasteiger partial charge on any atom is 0.272 e. The average Bonchev–Trinajstić information content (AvgIpc) is 3.52. The fourth-order valence-electron chi connectivity index (χ4n) is 3.72. The Kier molecular flexibility index (Phi) is 5.30. The molecule has 2 fully saturated rings. The van der Waals surface area contributed by atoms with Crippen LogP contribution in [0.1, 0.15) is 35.3 Å². The van der Waals surface area contributed by atoms with Crippen molar-refractivity contribution in [2.45, 2.75) is 31.8 Å². The Morgan fingerprint density at radius 1 is 1.08 bits per heavy atom. The topological polar surface area (TPSA) is 42.4 Å². The summed E-state index contributed by atoms with van der Waals surface area (Å²) in [5.74, 6) is 1.13. The first kappa shape index (κ1) is 17.2. The molecule has 4 rings (SSSR count). The van der Waals surface area contributed by atoms with Gasteiger partial charge in [0.2, 0.25) is 0 Å². The number of amides is 1. The highest BCUT2D eigenvalue weighted by molar-refractivity contribution is 5.92. The van der Waals surface area contributed by atoms with Crippen molar-refractivity contribution >= 4 is 5.91 Å². The molecule has 4 nitrogen and oxygen atoms in total. The molecule has 0 bridgehead atoms. The SMILES string of the molecule is O=C(c1ccccn1)N1CC[C@@H](OCC2CC2)[C@H](Cc2ccccc2)C1. The number of carbonyl (C=O) groups is 1. The molecule has 26 heavy (non-hydrogen) atoms. The Hall–Kier alpha value is -2.20. The quantitative estimate of drug-likeness (QED) is 0.800. The van der Waals surface area contributed by atoms with Crippen LogP contribution in [0.3, 0.4) is 0 Å². The first-order valence-corrected chi connectivity index (χ1v) is 9.65. The normalized spacial score (nSPS) is 23.0. The van der Waals surface area contributed by atoms with Gasteiger partial charge in [0.05, 0.1) is 6.10 Å². The Labute approximate surface area is 155 Å². The molecule has 4 heteroatoms. The van der Waals surface area contributed by atoms with Crippen molar-refractivity contribution in [3.8, 4) is 0 Å². The number of benzene rings is 1. The van der Waals surface area contributed by atoms with Gasteiger partial charge in [0.1, 0.15) is 5.69 Å². The van der Waals surface area contributed by atoms with E-state index in [1.807, 2.05) is 23.1 Å². The fourth-order valence-corrected chi connectivity index (χ4v) is 3.72. The second-order valence-electron chi connectivity index (χ2n) is 7.52. The van der Waals surface area contributed by atoms with Gasteiger partial charge in [0.25, 0.3) is 5.91 Å². The van der Waals surface area contributed by atoms with Gasteiger partial charge in [0.15, 0.2) is 0 Å². The zero-order valence-electron chi connectivity index (χ0n) is 15.1. The summed E-state index contributed by atoms with van der Waals surface area (Å²) in [5.41, 5.74) is 1.84. The molecule has 136 valence electrons. The second-order valence-corrected chi connectivity index (χ2v) is 7.52. The first-order chi connectivity index (χ1) is 12.8. The standard InChI is InChI=1S/C22H26N2O2/c25-22(20-8-4-5-12-23-20)24-13-11-21(26-16-18-9-10-18)19(15-24)14-17-6-2-1-3-7-17/h1-8,12,18-19,21H,9-11,13-16H2/t19-,21-/m1/s1. The summed E-state index contributed by atoms with van der Waals surface area (Å²) in [6, 6.07) is 16.0. The molecule has 2 aliphatic rings. The molecule has 1 amide bonds. The molecule has 1 aromatic carbocycles. The van der Waals surface area contributed by atoms with E-state index in [-0.39, 0.29) is 12.0 Å². The largest absolute Gasteiger partial charge is 0.377 e. The minimum atomic E-state index is 0.0318. The van der Waals surface area contributed by atoms with Crippen LogP contribution in [0.5, 0.6) is 0 Å². The predicted molar refractivity (Wildman–Crippen MR) is 101 cm³/mol. The summed E-state index contributed by atoms with van der Waals surface area (Å²) in [6.07, 6.45) is 6.38. The predicted octanol–water partition coefficient (Wildman–Crippen LogP) is 3.58. The number of hydrogen-bond acceptors (Lipinski definition) is 3. The van der Waals surface area contributed by atoms with E-state index >= 15 is 0 Å². The Bertz CT molecular complexity index is 715. The molecule has 2 atom stereocenters. The molecule has 0 radical (unpaired) electrons. The maximum atomic E-state index is 12.8. The molecular weight excluding hydrogens is 324 g/mol. The van der Waals surface area contributed by atoms with E-state index in [4.69, 9.17) is 4.74 Å². The van der Waals surface area contributed by atoms with Crippen LogP contribution in [0.25, 0.3) is 0 Å². The van der Waals surface area contributed by atoms with Gasteiger partial charge in [-0.15, -0.1) is 0 Å². The lowest BCUT2D eigenvalue weighted by molar-refractivity contribution is -0.0327. The van der Waals surface area contributed by atoms with E-state index < -0.39 is 0 Å². The highest BCUT2D eigenvalue weighted by Crippen LogP contribution is 2.32. The summed E-state index contributed by atoms with van der Waals surface area (Å²) < 4.78 is 6.27. The van der Waals surface area contributed by atoms with E-state index in [1.165, 1.54) is 18.4 Å². The zero-order chi connectivity index (χ0) is 17.8. The Balaban J connectivity index is 1.45. The van der Waals surface area contributed by atoms with E-state index in [0.29, 0.717) is 11.6 Å². The van der Waals surface area contributed by atoms with Gasteiger partial charge in [0, 0.05) is 31.8 Å². The molecule has 0 spiro atoms. The molecule has 1 aliphatic carbocycles. The summed E-state index contributed by atoms with van der Waals surface area (Å²) in [5, 5.41) is 0. The number of hydrogen-bond donors (Lipinski definition) is 0. The smallest absolute Gasteiger partial charge is 0.272 e. The lowest BCUT2D eigenvalue weighted by Crippen LogP contribution is -2.48. The molecule has 1 aliphatic heterocycles. The van der Waals surface area contributed by atoms with Crippen molar-refractivity contribution < 1.29 is 9.53 Å². The van der Waals surface area contributed by atoms with Gasteiger partial charge in [-0.05, 0) is 49.3 Å². The van der Waals surface area contributed by atoms with Crippen molar-refractivity contribution in [1.82, 2.24) is 9.88 Å². The highest BCUT2D eigenvalue weighted by atomic mass is 16.5. The Morgan fingerprint density at radius 3 is 2.62 bits per heavy atom. The summed E-state index contributed by atoms with van der Waals surface area (Å²) in [4.78, 5) is 19.0. The summed E-state index contributed by atoms with van der Waals surface area (Å²) in [6.45, 7) is 2.36. The molecule has 1 saturated carbocycles. The van der Waals surface area contributed by atoms with E-state index in [9.17, 15) is 4.79 Å². The maximum absolute atomic E-state index is 12.8. The monoisotopic (exact) mass is 350 g/mol. The third-order valence-electron chi connectivity index (χ3n) is 5.42. The lowest BCUT2D eigenvalue weighted by atomic mass is 9.88. The lowest BCUT2D eigenvalue weighted by Gasteiger charge is -2.38. The number of nitrogens with zero attached hydrogens (tertiary/aromatic N) is 2.